The molecular weight excluding hydrogens is 881 g/mol. The van der Waals surface area contributed by atoms with Crippen LogP contribution in [0.3, 0.4) is 0 Å². The van der Waals surface area contributed by atoms with Crippen LogP contribution >= 0.6 is 0 Å². The summed E-state index contributed by atoms with van der Waals surface area (Å²) in [6, 6.07) is 12.3. The summed E-state index contributed by atoms with van der Waals surface area (Å²) in [6.45, 7) is 7.03. The van der Waals surface area contributed by atoms with Crippen molar-refractivity contribution in [3.63, 3.8) is 0 Å². The molecule has 2 aromatic rings. The quantitative estimate of drug-likeness (QED) is 0.0219. The molecule has 2 atom stereocenters. The zero-order chi connectivity index (χ0) is 46.2. The SMILES string of the molecule is CCCCCCCCCCCOC(=O)c1ccccc1C(=O)OCCC(C)S(=O)(=O)[O-].CCCCCCCCCCCOC(=O)c1ccccc1C(=O)OCCC(C)S(=O)(=O)[O-].[Ca+2]. The first kappa shape index (κ1) is 60.4. The van der Waals surface area contributed by atoms with E-state index in [1.165, 1.54) is 115 Å². The molecule has 63 heavy (non-hydrogen) atoms. The minimum Gasteiger partial charge on any atom is -0.748 e. The van der Waals surface area contributed by atoms with E-state index in [9.17, 15) is 45.1 Å². The summed E-state index contributed by atoms with van der Waals surface area (Å²) in [6.07, 6.45) is 20.7. The summed E-state index contributed by atoms with van der Waals surface area (Å²) in [5.41, 5.74) is 0.315. The van der Waals surface area contributed by atoms with Crippen LogP contribution in [0.1, 0.15) is 198 Å². The molecule has 2 aromatic carbocycles. The largest absolute Gasteiger partial charge is 2.00 e. The molecular formula is C46H70CaO14S2. The van der Waals surface area contributed by atoms with Gasteiger partial charge in [-0.2, -0.15) is 0 Å². The molecule has 14 nitrogen and oxygen atoms in total. The van der Waals surface area contributed by atoms with Crippen molar-refractivity contribution in [3.8, 4) is 0 Å². The van der Waals surface area contributed by atoms with Crippen LogP contribution in [0.4, 0.5) is 0 Å². The van der Waals surface area contributed by atoms with Crippen LogP contribution in [-0.4, -0.2) is 124 Å². The minimum absolute atomic E-state index is 0. The number of esters is 4. The van der Waals surface area contributed by atoms with Crippen molar-refractivity contribution in [1.29, 1.82) is 0 Å². The zero-order valence-electron chi connectivity index (χ0n) is 38.0. The van der Waals surface area contributed by atoms with E-state index >= 15 is 0 Å². The summed E-state index contributed by atoms with van der Waals surface area (Å²) in [5.74, 6) is -2.71. The molecule has 0 aliphatic rings. The Morgan fingerprint density at radius 1 is 0.429 bits per heavy atom. The summed E-state index contributed by atoms with van der Waals surface area (Å²) < 4.78 is 86.1. The predicted molar refractivity (Wildman–Crippen MR) is 242 cm³/mol. The average Bonchev–Trinajstić information content (AvgIpc) is 3.24. The Kier molecular flexibility index (Phi) is 34.2. The van der Waals surface area contributed by atoms with E-state index in [0.717, 1.165) is 38.5 Å². The summed E-state index contributed by atoms with van der Waals surface area (Å²) in [5, 5.41) is -2.31. The molecule has 0 saturated carbocycles. The maximum absolute atomic E-state index is 12.4. The Morgan fingerprint density at radius 3 is 0.889 bits per heavy atom. The van der Waals surface area contributed by atoms with Crippen molar-refractivity contribution in [1.82, 2.24) is 0 Å². The van der Waals surface area contributed by atoms with Gasteiger partial charge in [-0.1, -0.05) is 141 Å². The van der Waals surface area contributed by atoms with E-state index in [0.29, 0.717) is 0 Å². The average molecular weight is 951 g/mol. The number of carbonyl (C=O) groups excluding carboxylic acids is 4. The number of hydrogen-bond donors (Lipinski definition) is 0. The molecule has 0 fully saturated rings. The van der Waals surface area contributed by atoms with Gasteiger partial charge in [-0.3, -0.25) is 0 Å². The van der Waals surface area contributed by atoms with Crippen molar-refractivity contribution < 1.29 is 64.1 Å². The maximum Gasteiger partial charge on any atom is 2.00 e. The molecule has 2 unspecified atom stereocenters. The van der Waals surface area contributed by atoms with E-state index in [-0.39, 0.29) is 99.3 Å². The minimum atomic E-state index is -4.43. The fraction of sp³-hybridized carbons (Fsp3) is 0.652. The van der Waals surface area contributed by atoms with Crippen LogP contribution in [0.5, 0.6) is 0 Å². The zero-order valence-corrected chi connectivity index (χ0v) is 41.8. The van der Waals surface area contributed by atoms with E-state index < -0.39 is 54.6 Å². The van der Waals surface area contributed by atoms with Crippen LogP contribution in [-0.2, 0) is 39.2 Å². The van der Waals surface area contributed by atoms with E-state index in [1.807, 2.05) is 0 Å². The molecule has 0 spiro atoms. The number of benzene rings is 2. The van der Waals surface area contributed by atoms with E-state index in [2.05, 4.69) is 13.8 Å². The van der Waals surface area contributed by atoms with Gasteiger partial charge < -0.3 is 28.1 Å². The van der Waals surface area contributed by atoms with Gasteiger partial charge in [-0.05, 0) is 63.8 Å². The fourth-order valence-electron chi connectivity index (χ4n) is 6.07. The molecule has 0 amide bonds. The Morgan fingerprint density at radius 2 is 0.651 bits per heavy atom. The van der Waals surface area contributed by atoms with Gasteiger partial charge >= 0.3 is 61.6 Å². The monoisotopic (exact) mass is 950 g/mol. The van der Waals surface area contributed by atoms with Gasteiger partial charge in [0, 0.05) is 10.5 Å². The van der Waals surface area contributed by atoms with Crippen LogP contribution in [0.2, 0.25) is 0 Å². The molecule has 0 bridgehead atoms. The fourth-order valence-corrected chi connectivity index (χ4v) is 6.84. The van der Waals surface area contributed by atoms with Gasteiger partial charge in [-0.25, -0.2) is 36.0 Å². The van der Waals surface area contributed by atoms with Crippen molar-refractivity contribution >= 4 is 81.9 Å². The maximum atomic E-state index is 12.4. The van der Waals surface area contributed by atoms with Crippen molar-refractivity contribution in [3.05, 3.63) is 70.8 Å². The Hall–Kier alpha value is -2.60. The van der Waals surface area contributed by atoms with Gasteiger partial charge in [0.2, 0.25) is 0 Å². The van der Waals surface area contributed by atoms with Gasteiger partial charge in [0.05, 0.1) is 68.9 Å². The third-order valence-electron chi connectivity index (χ3n) is 10.2. The molecule has 2 rings (SSSR count). The Labute approximate surface area is 406 Å². The normalized spacial score (nSPS) is 12.2. The number of hydrogen-bond acceptors (Lipinski definition) is 14. The van der Waals surface area contributed by atoms with Gasteiger partial charge in [0.15, 0.2) is 0 Å². The van der Waals surface area contributed by atoms with Gasteiger partial charge in [0.25, 0.3) is 0 Å². The number of carbonyl (C=O) groups is 4. The molecule has 0 aliphatic heterocycles. The second kappa shape index (κ2) is 35.6. The Bertz CT molecular complexity index is 1690. The van der Waals surface area contributed by atoms with Crippen LogP contribution in [0.25, 0.3) is 0 Å². The van der Waals surface area contributed by atoms with Crippen LogP contribution in [0.15, 0.2) is 48.5 Å². The molecule has 17 heteroatoms. The smallest absolute Gasteiger partial charge is 0.748 e. The number of unbranched alkanes of at least 4 members (excludes halogenated alkanes) is 16. The number of ether oxygens (including phenoxy) is 4. The molecule has 0 saturated heterocycles. The van der Waals surface area contributed by atoms with E-state index in [1.54, 1.807) is 24.3 Å². The first-order valence-corrected chi connectivity index (χ1v) is 25.2. The standard InChI is InChI=1S/2C23H36O7S.Ca/c2*1-3-4-5-6-7-8-9-10-13-17-29-22(24)20-14-11-12-15-21(20)23(25)30-18-16-19(2)31(26,27)28;/h2*11-12,14-15,19H,3-10,13,16-18H2,1-2H3,(H,26,27,28);/q;;+2/p-2. The predicted octanol–water partition coefficient (Wildman–Crippen LogP) is 9.33. The second-order valence-corrected chi connectivity index (χ2v) is 19.1. The molecule has 0 radical (unpaired) electrons. The van der Waals surface area contributed by atoms with Crippen molar-refractivity contribution in [2.24, 2.45) is 0 Å². The summed E-state index contributed by atoms with van der Waals surface area (Å²) in [7, 11) is -8.85. The first-order chi connectivity index (χ1) is 29.5. The molecule has 0 aliphatic carbocycles. The van der Waals surface area contributed by atoms with Crippen LogP contribution in [0, 0.1) is 0 Å². The van der Waals surface area contributed by atoms with Crippen molar-refractivity contribution in [2.75, 3.05) is 26.4 Å². The number of rotatable bonds is 32. The first-order valence-electron chi connectivity index (χ1n) is 22.3. The molecule has 0 N–H and O–H groups in total. The molecule has 0 heterocycles. The van der Waals surface area contributed by atoms with Crippen molar-refractivity contribution in [2.45, 2.75) is 167 Å². The third-order valence-corrected chi connectivity index (χ3v) is 12.6. The second-order valence-electron chi connectivity index (χ2n) is 15.5. The Balaban J connectivity index is 0.00000120. The summed E-state index contributed by atoms with van der Waals surface area (Å²) in [4.78, 5) is 49.3. The van der Waals surface area contributed by atoms with Crippen LogP contribution < -0.4 is 0 Å². The molecule has 352 valence electrons. The van der Waals surface area contributed by atoms with Gasteiger partial charge in [-0.15, -0.1) is 0 Å². The topological polar surface area (TPSA) is 220 Å². The third kappa shape index (κ3) is 28.1. The van der Waals surface area contributed by atoms with E-state index in [4.69, 9.17) is 18.9 Å². The van der Waals surface area contributed by atoms with Gasteiger partial charge in [0.1, 0.15) is 0 Å². The molecule has 0 aromatic heterocycles. The summed E-state index contributed by atoms with van der Waals surface area (Å²) >= 11 is 0.